The van der Waals surface area contributed by atoms with Gasteiger partial charge in [0.1, 0.15) is 0 Å². The molecule has 0 spiro atoms. The Morgan fingerprint density at radius 2 is 2.00 bits per heavy atom. The van der Waals surface area contributed by atoms with Crippen LogP contribution in [0.4, 0.5) is 0 Å². The van der Waals surface area contributed by atoms with E-state index in [0.29, 0.717) is 0 Å². The van der Waals surface area contributed by atoms with Crippen molar-refractivity contribution in [2.75, 3.05) is 26.2 Å². The lowest BCUT2D eigenvalue weighted by molar-refractivity contribution is 0.276. The first-order valence-corrected chi connectivity index (χ1v) is 7.67. The van der Waals surface area contributed by atoms with Gasteiger partial charge in [-0.15, -0.1) is 0 Å². The summed E-state index contributed by atoms with van der Waals surface area (Å²) in [5.74, 6) is 0. The van der Waals surface area contributed by atoms with Gasteiger partial charge in [-0.05, 0) is 26.1 Å². The van der Waals surface area contributed by atoms with Crippen LogP contribution >= 0.6 is 0 Å². The number of hydrogen-bond acceptors (Lipinski definition) is 3. The van der Waals surface area contributed by atoms with E-state index in [0.717, 1.165) is 39.3 Å². The molecule has 110 valence electrons. The van der Waals surface area contributed by atoms with E-state index < -0.39 is 0 Å². The molecule has 0 aliphatic rings. The molecule has 2 aromatic rings. The third kappa shape index (κ3) is 3.38. The normalized spacial score (nSPS) is 11.6. The van der Waals surface area contributed by atoms with Crippen molar-refractivity contribution < 1.29 is 0 Å². The summed E-state index contributed by atoms with van der Waals surface area (Å²) in [6.45, 7) is 12.5. The standard InChI is InChI=1S/C16H26N4/c1-4-17-11-12-19(5-2)13-15-14-9-7-8-10-16(14)20(6-3)18-15/h7-10,17H,4-6,11-13H2,1-3H3. The zero-order valence-electron chi connectivity index (χ0n) is 12.9. The molecule has 0 aliphatic carbocycles. The Bertz CT molecular complexity index is 532. The number of aryl methyl sites for hydroxylation is 1. The molecule has 0 unspecified atom stereocenters. The number of fused-ring (bicyclic) bond motifs is 1. The lowest BCUT2D eigenvalue weighted by atomic mass is 10.2. The van der Waals surface area contributed by atoms with E-state index in [2.05, 4.69) is 59.9 Å². The van der Waals surface area contributed by atoms with E-state index in [1.165, 1.54) is 16.6 Å². The van der Waals surface area contributed by atoms with Gasteiger partial charge in [0.2, 0.25) is 0 Å². The minimum atomic E-state index is 0.921. The van der Waals surface area contributed by atoms with E-state index in [4.69, 9.17) is 5.10 Å². The Labute approximate surface area is 121 Å². The molecule has 0 amide bonds. The van der Waals surface area contributed by atoms with Crippen LogP contribution in [-0.2, 0) is 13.1 Å². The molecule has 0 radical (unpaired) electrons. The van der Waals surface area contributed by atoms with Gasteiger partial charge in [0.25, 0.3) is 0 Å². The summed E-state index contributed by atoms with van der Waals surface area (Å²) < 4.78 is 2.10. The first-order chi connectivity index (χ1) is 9.80. The summed E-state index contributed by atoms with van der Waals surface area (Å²) in [5.41, 5.74) is 2.44. The molecule has 0 aliphatic heterocycles. The molecule has 0 saturated heterocycles. The fraction of sp³-hybridized carbons (Fsp3) is 0.562. The van der Waals surface area contributed by atoms with Crippen molar-refractivity contribution in [3.05, 3.63) is 30.0 Å². The number of nitrogens with zero attached hydrogens (tertiary/aromatic N) is 3. The van der Waals surface area contributed by atoms with Crippen LogP contribution in [0.25, 0.3) is 10.9 Å². The highest BCUT2D eigenvalue weighted by Crippen LogP contribution is 2.19. The first-order valence-electron chi connectivity index (χ1n) is 7.67. The van der Waals surface area contributed by atoms with E-state index in [-0.39, 0.29) is 0 Å². The second-order valence-electron chi connectivity index (χ2n) is 5.00. The maximum absolute atomic E-state index is 4.78. The van der Waals surface area contributed by atoms with E-state index in [1.807, 2.05) is 0 Å². The zero-order chi connectivity index (χ0) is 14.4. The van der Waals surface area contributed by atoms with Gasteiger partial charge in [0.15, 0.2) is 0 Å². The SMILES string of the molecule is CCNCCN(CC)Cc1nn(CC)c2ccccc12. The van der Waals surface area contributed by atoms with Crippen LogP contribution in [0.3, 0.4) is 0 Å². The summed E-state index contributed by atoms with van der Waals surface area (Å²) >= 11 is 0. The third-order valence-electron chi connectivity index (χ3n) is 3.71. The minimum absolute atomic E-state index is 0.921. The Kier molecular flexibility index (Phi) is 5.56. The molecular weight excluding hydrogens is 248 g/mol. The molecule has 0 bridgehead atoms. The number of likely N-dealkylation sites (N-methyl/N-ethyl adjacent to an activating group) is 2. The minimum Gasteiger partial charge on any atom is -0.316 e. The van der Waals surface area contributed by atoms with Gasteiger partial charge in [0, 0.05) is 31.6 Å². The van der Waals surface area contributed by atoms with Crippen molar-refractivity contribution in [3.8, 4) is 0 Å². The number of benzene rings is 1. The second-order valence-corrected chi connectivity index (χ2v) is 5.00. The summed E-state index contributed by atoms with van der Waals surface area (Å²) in [4.78, 5) is 2.44. The molecule has 20 heavy (non-hydrogen) atoms. The zero-order valence-corrected chi connectivity index (χ0v) is 12.9. The second kappa shape index (κ2) is 7.41. The predicted molar refractivity (Wildman–Crippen MR) is 84.9 cm³/mol. The van der Waals surface area contributed by atoms with Crippen LogP contribution in [0.1, 0.15) is 26.5 Å². The fourth-order valence-electron chi connectivity index (χ4n) is 2.53. The van der Waals surface area contributed by atoms with Crippen molar-refractivity contribution >= 4 is 10.9 Å². The molecular formula is C16H26N4. The van der Waals surface area contributed by atoms with E-state index in [9.17, 15) is 0 Å². The highest BCUT2D eigenvalue weighted by molar-refractivity contribution is 5.81. The number of nitrogens with one attached hydrogen (secondary N) is 1. The van der Waals surface area contributed by atoms with Crippen molar-refractivity contribution in [2.45, 2.75) is 33.9 Å². The van der Waals surface area contributed by atoms with Gasteiger partial charge in [-0.1, -0.05) is 32.0 Å². The molecule has 1 aromatic carbocycles. The fourth-order valence-corrected chi connectivity index (χ4v) is 2.53. The number of aromatic nitrogens is 2. The van der Waals surface area contributed by atoms with Crippen molar-refractivity contribution in [1.82, 2.24) is 20.0 Å². The van der Waals surface area contributed by atoms with E-state index in [1.54, 1.807) is 0 Å². The van der Waals surface area contributed by atoms with Crippen LogP contribution in [0.2, 0.25) is 0 Å². The molecule has 2 rings (SSSR count). The summed E-state index contributed by atoms with van der Waals surface area (Å²) in [6.07, 6.45) is 0. The molecule has 1 aromatic heterocycles. The maximum Gasteiger partial charge on any atom is 0.0843 e. The molecule has 0 atom stereocenters. The van der Waals surface area contributed by atoms with Crippen LogP contribution in [0.5, 0.6) is 0 Å². The first kappa shape index (κ1) is 15.0. The smallest absolute Gasteiger partial charge is 0.0843 e. The topological polar surface area (TPSA) is 33.1 Å². The highest BCUT2D eigenvalue weighted by Gasteiger charge is 2.12. The van der Waals surface area contributed by atoms with Gasteiger partial charge in [-0.25, -0.2) is 0 Å². The molecule has 0 fully saturated rings. The van der Waals surface area contributed by atoms with Gasteiger partial charge >= 0.3 is 0 Å². The van der Waals surface area contributed by atoms with Gasteiger partial charge in [-0.3, -0.25) is 9.58 Å². The van der Waals surface area contributed by atoms with Crippen LogP contribution in [-0.4, -0.2) is 40.9 Å². The largest absolute Gasteiger partial charge is 0.316 e. The van der Waals surface area contributed by atoms with E-state index >= 15 is 0 Å². The summed E-state index contributed by atoms with van der Waals surface area (Å²) in [5, 5.41) is 9.45. The average molecular weight is 274 g/mol. The Hall–Kier alpha value is -1.39. The van der Waals surface area contributed by atoms with Crippen molar-refractivity contribution in [1.29, 1.82) is 0 Å². The highest BCUT2D eigenvalue weighted by atomic mass is 15.3. The van der Waals surface area contributed by atoms with Gasteiger partial charge in [0.05, 0.1) is 11.2 Å². The molecule has 1 heterocycles. The summed E-state index contributed by atoms with van der Waals surface area (Å²) in [7, 11) is 0. The molecule has 0 saturated carbocycles. The number of rotatable bonds is 8. The molecule has 4 heteroatoms. The van der Waals surface area contributed by atoms with Crippen LogP contribution in [0, 0.1) is 0 Å². The quantitative estimate of drug-likeness (QED) is 0.751. The van der Waals surface area contributed by atoms with Crippen molar-refractivity contribution in [2.24, 2.45) is 0 Å². The number of hydrogen-bond donors (Lipinski definition) is 1. The maximum atomic E-state index is 4.78. The molecule has 4 nitrogen and oxygen atoms in total. The van der Waals surface area contributed by atoms with Crippen molar-refractivity contribution in [3.63, 3.8) is 0 Å². The van der Waals surface area contributed by atoms with Gasteiger partial charge in [-0.2, -0.15) is 5.10 Å². The predicted octanol–water partition coefficient (Wildman–Crippen LogP) is 2.49. The molecule has 1 N–H and O–H groups in total. The summed E-state index contributed by atoms with van der Waals surface area (Å²) in [6, 6.07) is 8.53. The average Bonchev–Trinajstić information content (AvgIpc) is 2.84. The Morgan fingerprint density at radius 1 is 1.20 bits per heavy atom. The Balaban J connectivity index is 2.15. The lowest BCUT2D eigenvalue weighted by Gasteiger charge is -2.19. The van der Waals surface area contributed by atoms with Gasteiger partial charge < -0.3 is 5.32 Å². The van der Waals surface area contributed by atoms with Crippen LogP contribution < -0.4 is 5.32 Å². The number of para-hydroxylation sites is 1. The lowest BCUT2D eigenvalue weighted by Crippen LogP contribution is -2.31. The van der Waals surface area contributed by atoms with Crippen LogP contribution in [0.15, 0.2) is 24.3 Å². The monoisotopic (exact) mass is 274 g/mol. The third-order valence-corrected chi connectivity index (χ3v) is 3.71. The Morgan fingerprint density at radius 3 is 2.70 bits per heavy atom.